The third kappa shape index (κ3) is 2.08. The third-order valence-electron chi connectivity index (χ3n) is 5.01. The van der Waals surface area contributed by atoms with Crippen molar-refractivity contribution in [3.63, 3.8) is 0 Å². The Hall–Kier alpha value is -0.860. The minimum absolute atomic E-state index is 0.113. The van der Waals surface area contributed by atoms with Crippen LogP contribution in [0, 0.1) is 17.8 Å². The van der Waals surface area contributed by atoms with Gasteiger partial charge in [-0.25, -0.2) is 0 Å². The molecule has 0 amide bonds. The number of aliphatic hydroxyl groups is 1. The van der Waals surface area contributed by atoms with Crippen molar-refractivity contribution in [2.24, 2.45) is 23.5 Å². The standard InChI is InChI=1S/C16H23NO/c17-10-14(11-6-2-1-3-7-11)16(18)15-12-8-4-5-9-13(12)15/h1-3,6-7,12-16,18H,4-5,8-10,17H2. The quantitative estimate of drug-likeness (QED) is 0.856. The monoisotopic (exact) mass is 245 g/mol. The van der Waals surface area contributed by atoms with Gasteiger partial charge in [0, 0.05) is 12.5 Å². The molecule has 3 rings (SSSR count). The number of fused-ring (bicyclic) bond motifs is 1. The Morgan fingerprint density at radius 3 is 2.28 bits per heavy atom. The van der Waals surface area contributed by atoms with Crippen LogP contribution in [-0.2, 0) is 0 Å². The minimum Gasteiger partial charge on any atom is -0.392 e. The van der Waals surface area contributed by atoms with E-state index in [0.29, 0.717) is 12.5 Å². The van der Waals surface area contributed by atoms with Gasteiger partial charge in [-0.05, 0) is 36.2 Å². The lowest BCUT2D eigenvalue weighted by Gasteiger charge is -2.22. The smallest absolute Gasteiger partial charge is 0.0654 e. The number of hydrogen-bond donors (Lipinski definition) is 2. The summed E-state index contributed by atoms with van der Waals surface area (Å²) in [4.78, 5) is 0. The molecule has 0 radical (unpaired) electrons. The highest BCUT2D eigenvalue weighted by molar-refractivity contribution is 5.23. The lowest BCUT2D eigenvalue weighted by atomic mass is 9.89. The molecule has 0 heterocycles. The molecule has 2 fully saturated rings. The average molecular weight is 245 g/mol. The summed E-state index contributed by atoms with van der Waals surface area (Å²) in [5, 5.41) is 10.7. The molecule has 3 N–H and O–H groups in total. The zero-order valence-corrected chi connectivity index (χ0v) is 10.8. The zero-order chi connectivity index (χ0) is 12.5. The molecule has 2 heteroatoms. The second kappa shape index (κ2) is 5.02. The van der Waals surface area contributed by atoms with E-state index in [1.54, 1.807) is 0 Å². The van der Waals surface area contributed by atoms with Crippen LogP contribution >= 0.6 is 0 Å². The van der Waals surface area contributed by atoms with Crippen LogP contribution in [0.4, 0.5) is 0 Å². The molecule has 0 spiro atoms. The van der Waals surface area contributed by atoms with E-state index in [1.807, 2.05) is 18.2 Å². The second-order valence-electron chi connectivity index (χ2n) is 5.93. The fourth-order valence-corrected chi connectivity index (χ4v) is 4.00. The van der Waals surface area contributed by atoms with Gasteiger partial charge in [0.25, 0.3) is 0 Å². The van der Waals surface area contributed by atoms with Gasteiger partial charge in [-0.3, -0.25) is 0 Å². The first kappa shape index (κ1) is 12.2. The van der Waals surface area contributed by atoms with Crippen molar-refractivity contribution in [3.05, 3.63) is 35.9 Å². The molecule has 0 saturated heterocycles. The summed E-state index contributed by atoms with van der Waals surface area (Å²) in [7, 11) is 0. The lowest BCUT2D eigenvalue weighted by Crippen LogP contribution is -2.28. The number of hydrogen-bond acceptors (Lipinski definition) is 2. The van der Waals surface area contributed by atoms with Crippen molar-refractivity contribution >= 4 is 0 Å². The summed E-state index contributed by atoms with van der Waals surface area (Å²) in [6.45, 7) is 0.543. The molecule has 4 atom stereocenters. The Kier molecular flexibility index (Phi) is 3.40. The fraction of sp³-hybridized carbons (Fsp3) is 0.625. The molecule has 2 aliphatic rings. The first-order valence-electron chi connectivity index (χ1n) is 7.26. The topological polar surface area (TPSA) is 46.2 Å². The van der Waals surface area contributed by atoms with Crippen LogP contribution in [0.5, 0.6) is 0 Å². The molecule has 2 saturated carbocycles. The summed E-state index contributed by atoms with van der Waals surface area (Å²) in [5.74, 6) is 2.20. The van der Waals surface area contributed by atoms with Crippen molar-refractivity contribution in [1.82, 2.24) is 0 Å². The van der Waals surface area contributed by atoms with Crippen LogP contribution in [0.15, 0.2) is 30.3 Å². The van der Waals surface area contributed by atoms with Crippen LogP contribution in [-0.4, -0.2) is 17.8 Å². The van der Waals surface area contributed by atoms with E-state index < -0.39 is 0 Å². The molecule has 0 aromatic heterocycles. The zero-order valence-electron chi connectivity index (χ0n) is 10.8. The van der Waals surface area contributed by atoms with Crippen molar-refractivity contribution in [1.29, 1.82) is 0 Å². The largest absolute Gasteiger partial charge is 0.392 e. The van der Waals surface area contributed by atoms with E-state index in [0.717, 1.165) is 11.8 Å². The Balaban J connectivity index is 1.73. The maximum atomic E-state index is 10.7. The van der Waals surface area contributed by atoms with Gasteiger partial charge < -0.3 is 10.8 Å². The predicted molar refractivity (Wildman–Crippen MR) is 73.2 cm³/mol. The number of benzene rings is 1. The second-order valence-corrected chi connectivity index (χ2v) is 5.93. The van der Waals surface area contributed by atoms with Gasteiger partial charge >= 0.3 is 0 Å². The highest BCUT2D eigenvalue weighted by Gasteiger charge is 2.55. The van der Waals surface area contributed by atoms with E-state index in [-0.39, 0.29) is 12.0 Å². The Morgan fingerprint density at radius 2 is 1.72 bits per heavy atom. The van der Waals surface area contributed by atoms with E-state index >= 15 is 0 Å². The molecule has 0 aliphatic heterocycles. The van der Waals surface area contributed by atoms with Crippen molar-refractivity contribution in [2.45, 2.75) is 37.7 Å². The predicted octanol–water partition coefficient (Wildman–Crippen LogP) is 2.53. The maximum Gasteiger partial charge on any atom is 0.0654 e. The maximum absolute atomic E-state index is 10.7. The highest BCUT2D eigenvalue weighted by Crippen LogP contribution is 2.58. The minimum atomic E-state index is -0.245. The first-order chi connectivity index (χ1) is 8.83. The number of nitrogens with two attached hydrogens (primary N) is 1. The van der Waals surface area contributed by atoms with Gasteiger partial charge in [0.1, 0.15) is 0 Å². The molecule has 1 aromatic carbocycles. The lowest BCUT2D eigenvalue weighted by molar-refractivity contribution is 0.112. The molecule has 0 bridgehead atoms. The molecule has 1 aromatic rings. The van der Waals surface area contributed by atoms with Gasteiger partial charge in [-0.15, -0.1) is 0 Å². The third-order valence-corrected chi connectivity index (χ3v) is 5.01. The highest BCUT2D eigenvalue weighted by atomic mass is 16.3. The van der Waals surface area contributed by atoms with Crippen LogP contribution in [0.2, 0.25) is 0 Å². The van der Waals surface area contributed by atoms with Gasteiger partial charge in [0.05, 0.1) is 6.10 Å². The van der Waals surface area contributed by atoms with E-state index in [1.165, 1.54) is 31.2 Å². The molecule has 18 heavy (non-hydrogen) atoms. The Bertz CT molecular complexity index is 379. The molecule has 2 nitrogen and oxygen atoms in total. The van der Waals surface area contributed by atoms with E-state index in [4.69, 9.17) is 5.73 Å². The van der Waals surface area contributed by atoms with E-state index in [2.05, 4.69) is 12.1 Å². The number of aliphatic hydroxyl groups excluding tert-OH is 1. The summed E-state index contributed by atoms with van der Waals surface area (Å²) in [6, 6.07) is 10.3. The van der Waals surface area contributed by atoms with Gasteiger partial charge in [-0.2, -0.15) is 0 Å². The first-order valence-corrected chi connectivity index (χ1v) is 7.26. The molecular formula is C16H23NO. The average Bonchev–Trinajstić information content (AvgIpc) is 3.15. The van der Waals surface area contributed by atoms with Gasteiger partial charge in [0.15, 0.2) is 0 Å². The summed E-state index contributed by atoms with van der Waals surface area (Å²) >= 11 is 0. The van der Waals surface area contributed by atoms with Crippen LogP contribution in [0.25, 0.3) is 0 Å². The molecular weight excluding hydrogens is 222 g/mol. The van der Waals surface area contributed by atoms with Crippen LogP contribution in [0.1, 0.15) is 37.2 Å². The van der Waals surface area contributed by atoms with Gasteiger partial charge in [-0.1, -0.05) is 43.2 Å². The molecule has 4 unspecified atom stereocenters. The van der Waals surface area contributed by atoms with E-state index in [9.17, 15) is 5.11 Å². The summed E-state index contributed by atoms with van der Waals surface area (Å²) < 4.78 is 0. The van der Waals surface area contributed by atoms with Crippen molar-refractivity contribution < 1.29 is 5.11 Å². The van der Waals surface area contributed by atoms with Crippen molar-refractivity contribution in [3.8, 4) is 0 Å². The number of rotatable bonds is 4. The van der Waals surface area contributed by atoms with Crippen LogP contribution in [0.3, 0.4) is 0 Å². The normalized spacial score (nSPS) is 33.6. The van der Waals surface area contributed by atoms with Crippen molar-refractivity contribution in [2.75, 3.05) is 6.54 Å². The molecule has 98 valence electrons. The van der Waals surface area contributed by atoms with Crippen LogP contribution < -0.4 is 5.73 Å². The summed E-state index contributed by atoms with van der Waals surface area (Å²) in [6.07, 6.45) is 5.09. The summed E-state index contributed by atoms with van der Waals surface area (Å²) in [5.41, 5.74) is 7.09. The Labute approximate surface area is 109 Å². The SMILES string of the molecule is NCC(c1ccccc1)C(O)C1C2CCCCC21. The molecule has 2 aliphatic carbocycles. The van der Waals surface area contributed by atoms with Gasteiger partial charge in [0.2, 0.25) is 0 Å². The Morgan fingerprint density at radius 1 is 1.11 bits per heavy atom. The fourth-order valence-electron chi connectivity index (χ4n) is 4.00.